The number of ether oxygens (including phenoxy) is 2. The van der Waals surface area contributed by atoms with Crippen LogP contribution in [0.2, 0.25) is 0 Å². The van der Waals surface area contributed by atoms with Crippen molar-refractivity contribution in [2.45, 2.75) is 19.5 Å². The van der Waals surface area contributed by atoms with E-state index in [1.165, 1.54) is 12.1 Å². The van der Waals surface area contributed by atoms with Crippen molar-refractivity contribution in [1.29, 1.82) is 0 Å². The molecule has 31 heavy (non-hydrogen) atoms. The standard InChI is InChI=1S/C25H21FN2O2S/c1-15-5-3-7-17(13-15)23-27-24(31)20-14-16-6-4-8-21(29-2)22(16)30-25(20)28(23)19-11-9-18(26)10-12-19/h3-13,23H,14H2,1-2H3,(H,27,31). The van der Waals surface area contributed by atoms with Crippen LogP contribution < -0.4 is 19.7 Å². The van der Waals surface area contributed by atoms with Crippen molar-refractivity contribution in [3.63, 3.8) is 0 Å². The van der Waals surface area contributed by atoms with Crippen LogP contribution in [0.15, 0.2) is 78.2 Å². The van der Waals surface area contributed by atoms with E-state index in [0.717, 1.165) is 28.0 Å². The monoisotopic (exact) mass is 432 g/mol. The summed E-state index contributed by atoms with van der Waals surface area (Å²) in [6.45, 7) is 2.05. The fourth-order valence-electron chi connectivity index (χ4n) is 4.11. The molecular weight excluding hydrogens is 411 g/mol. The molecule has 0 spiro atoms. The molecule has 0 amide bonds. The molecule has 6 heteroatoms. The van der Waals surface area contributed by atoms with Gasteiger partial charge in [0.25, 0.3) is 0 Å². The predicted molar refractivity (Wildman–Crippen MR) is 123 cm³/mol. The first-order chi connectivity index (χ1) is 15.0. The average molecular weight is 433 g/mol. The van der Waals surface area contributed by atoms with Crippen molar-refractivity contribution >= 4 is 22.9 Å². The fourth-order valence-corrected chi connectivity index (χ4v) is 4.38. The maximum Gasteiger partial charge on any atom is 0.209 e. The molecule has 3 aromatic carbocycles. The second-order valence-electron chi connectivity index (χ2n) is 7.65. The number of rotatable bonds is 3. The maximum absolute atomic E-state index is 13.7. The molecule has 156 valence electrons. The molecule has 0 aliphatic carbocycles. The van der Waals surface area contributed by atoms with Gasteiger partial charge in [-0.1, -0.05) is 54.2 Å². The molecule has 3 aromatic rings. The number of hydrogen-bond donors (Lipinski definition) is 1. The molecule has 0 bridgehead atoms. The Morgan fingerprint density at radius 2 is 1.87 bits per heavy atom. The Hall–Kier alpha value is -3.38. The van der Waals surface area contributed by atoms with Crippen LogP contribution in [0.4, 0.5) is 10.1 Å². The largest absolute Gasteiger partial charge is 0.493 e. The molecule has 1 atom stereocenters. The summed E-state index contributed by atoms with van der Waals surface area (Å²) in [5, 5.41) is 3.48. The summed E-state index contributed by atoms with van der Waals surface area (Å²) in [5.41, 5.74) is 4.88. The number of thiocarbonyl (C=S) groups is 1. The van der Waals surface area contributed by atoms with Gasteiger partial charge >= 0.3 is 0 Å². The van der Waals surface area contributed by atoms with Crippen molar-refractivity contribution in [3.8, 4) is 11.5 Å². The highest BCUT2D eigenvalue weighted by Crippen LogP contribution is 2.44. The molecular formula is C25H21FN2O2S. The van der Waals surface area contributed by atoms with E-state index in [4.69, 9.17) is 21.7 Å². The van der Waals surface area contributed by atoms with E-state index in [-0.39, 0.29) is 12.0 Å². The van der Waals surface area contributed by atoms with E-state index in [1.54, 1.807) is 19.2 Å². The number of halogens is 1. The lowest BCUT2D eigenvalue weighted by molar-refractivity contribution is 0.327. The number of aryl methyl sites for hydroxylation is 1. The minimum absolute atomic E-state index is 0.290. The molecule has 2 heterocycles. The molecule has 0 aromatic heterocycles. The van der Waals surface area contributed by atoms with Gasteiger partial charge in [0.2, 0.25) is 5.88 Å². The molecule has 0 fully saturated rings. The van der Waals surface area contributed by atoms with E-state index in [1.807, 2.05) is 35.2 Å². The molecule has 5 rings (SSSR count). The van der Waals surface area contributed by atoms with Crippen molar-refractivity contribution < 1.29 is 13.9 Å². The third-order valence-corrected chi connectivity index (χ3v) is 5.95. The van der Waals surface area contributed by atoms with E-state index in [0.29, 0.717) is 28.8 Å². The van der Waals surface area contributed by atoms with Crippen molar-refractivity contribution in [1.82, 2.24) is 5.32 Å². The van der Waals surface area contributed by atoms with E-state index >= 15 is 0 Å². The van der Waals surface area contributed by atoms with Crippen molar-refractivity contribution in [3.05, 3.63) is 101 Å². The fraction of sp³-hybridized carbons (Fsp3) is 0.160. The number of fused-ring (bicyclic) bond motifs is 1. The molecule has 2 aliphatic rings. The molecule has 1 N–H and O–H groups in total. The first-order valence-corrected chi connectivity index (χ1v) is 10.4. The van der Waals surface area contributed by atoms with Crippen LogP contribution in [0.1, 0.15) is 22.9 Å². The normalized spacial score (nSPS) is 17.5. The molecule has 0 saturated carbocycles. The van der Waals surface area contributed by atoms with Gasteiger partial charge < -0.3 is 14.8 Å². The number of para-hydroxylation sites is 1. The zero-order chi connectivity index (χ0) is 21.5. The highest BCUT2D eigenvalue weighted by Gasteiger charge is 2.38. The average Bonchev–Trinajstić information content (AvgIpc) is 2.78. The zero-order valence-corrected chi connectivity index (χ0v) is 18.0. The number of hydrogen-bond acceptors (Lipinski definition) is 4. The quantitative estimate of drug-likeness (QED) is 0.559. The summed E-state index contributed by atoms with van der Waals surface area (Å²) in [7, 11) is 1.63. The van der Waals surface area contributed by atoms with Crippen LogP contribution in [-0.2, 0) is 6.42 Å². The Balaban J connectivity index is 1.68. The van der Waals surface area contributed by atoms with Crippen molar-refractivity contribution in [2.24, 2.45) is 0 Å². The molecule has 1 unspecified atom stereocenters. The van der Waals surface area contributed by atoms with Crippen LogP contribution in [0.25, 0.3) is 0 Å². The van der Waals surface area contributed by atoms with Gasteiger partial charge in [-0.3, -0.25) is 4.90 Å². The number of nitrogens with one attached hydrogen (secondary N) is 1. The highest BCUT2D eigenvalue weighted by molar-refractivity contribution is 7.80. The van der Waals surface area contributed by atoms with Crippen LogP contribution in [-0.4, -0.2) is 12.1 Å². The Kier molecular flexibility index (Phi) is 4.87. The zero-order valence-electron chi connectivity index (χ0n) is 17.2. The first-order valence-electron chi connectivity index (χ1n) is 10.0. The van der Waals surface area contributed by atoms with Crippen LogP contribution in [0.5, 0.6) is 11.5 Å². The Bertz CT molecular complexity index is 1210. The Morgan fingerprint density at radius 3 is 2.61 bits per heavy atom. The smallest absolute Gasteiger partial charge is 0.209 e. The van der Waals surface area contributed by atoms with Gasteiger partial charge in [0.15, 0.2) is 11.5 Å². The highest BCUT2D eigenvalue weighted by atomic mass is 32.1. The number of nitrogens with zero attached hydrogens (tertiary/aromatic N) is 1. The van der Waals surface area contributed by atoms with Gasteiger partial charge in [-0.2, -0.15) is 0 Å². The Morgan fingerprint density at radius 1 is 1.10 bits per heavy atom. The van der Waals surface area contributed by atoms with E-state index in [2.05, 4.69) is 24.4 Å². The molecule has 4 nitrogen and oxygen atoms in total. The summed E-state index contributed by atoms with van der Waals surface area (Å²) in [6.07, 6.45) is 0.319. The lowest BCUT2D eigenvalue weighted by Gasteiger charge is -2.43. The molecule has 2 aliphatic heterocycles. The summed E-state index contributed by atoms with van der Waals surface area (Å²) < 4.78 is 25.7. The minimum atomic E-state index is -0.298. The lowest BCUT2D eigenvalue weighted by atomic mass is 9.97. The van der Waals surface area contributed by atoms with Crippen LogP contribution >= 0.6 is 12.2 Å². The molecule has 0 saturated heterocycles. The summed E-state index contributed by atoms with van der Waals surface area (Å²) >= 11 is 5.76. The second kappa shape index (κ2) is 7.71. The number of anilines is 1. The predicted octanol–water partition coefficient (Wildman–Crippen LogP) is 5.43. The van der Waals surface area contributed by atoms with Gasteiger partial charge in [-0.15, -0.1) is 0 Å². The third kappa shape index (κ3) is 3.43. The van der Waals surface area contributed by atoms with Gasteiger partial charge in [0.1, 0.15) is 17.0 Å². The molecule has 0 radical (unpaired) electrons. The van der Waals surface area contributed by atoms with Crippen LogP contribution in [0, 0.1) is 12.7 Å². The van der Waals surface area contributed by atoms with Gasteiger partial charge in [-0.05, 0) is 42.8 Å². The van der Waals surface area contributed by atoms with E-state index in [9.17, 15) is 4.39 Å². The first kappa shape index (κ1) is 19.6. The number of methoxy groups -OCH3 is 1. The Labute approximate surface area is 185 Å². The summed E-state index contributed by atoms with van der Waals surface area (Å²) in [5.74, 6) is 1.70. The number of benzene rings is 3. The summed E-state index contributed by atoms with van der Waals surface area (Å²) in [6, 6.07) is 20.5. The van der Waals surface area contributed by atoms with Crippen molar-refractivity contribution in [2.75, 3.05) is 12.0 Å². The summed E-state index contributed by atoms with van der Waals surface area (Å²) in [4.78, 5) is 2.68. The SMILES string of the molecule is COc1cccc2c1OC1=C(C2)C(=S)NC(c2cccc(C)c2)N1c1ccc(F)cc1. The second-order valence-corrected chi connectivity index (χ2v) is 8.06. The minimum Gasteiger partial charge on any atom is -0.493 e. The van der Waals surface area contributed by atoms with Gasteiger partial charge in [0, 0.05) is 17.7 Å². The van der Waals surface area contributed by atoms with Gasteiger partial charge in [0.05, 0.1) is 12.7 Å². The third-order valence-electron chi connectivity index (χ3n) is 5.59. The lowest BCUT2D eigenvalue weighted by Crippen LogP contribution is -2.49. The maximum atomic E-state index is 13.7. The van der Waals surface area contributed by atoms with E-state index < -0.39 is 0 Å². The van der Waals surface area contributed by atoms with Crippen LogP contribution in [0.3, 0.4) is 0 Å². The van der Waals surface area contributed by atoms with Gasteiger partial charge in [-0.25, -0.2) is 4.39 Å². The topological polar surface area (TPSA) is 33.7 Å².